The van der Waals surface area contributed by atoms with Gasteiger partial charge in [-0.25, -0.2) is 14.8 Å². The van der Waals surface area contributed by atoms with Crippen molar-refractivity contribution < 1.29 is 9.90 Å². The number of carbonyl (C=O) groups is 1. The molecule has 5 heteroatoms. The molecular weight excluding hydrogens is 194 g/mol. The Labute approximate surface area is 86.2 Å². The Hall–Kier alpha value is -1.91. The van der Waals surface area contributed by atoms with Crippen LogP contribution in [0.1, 0.15) is 35.9 Å². The number of carboxylic acids is 1. The van der Waals surface area contributed by atoms with Gasteiger partial charge in [-0.3, -0.25) is 0 Å². The highest BCUT2D eigenvalue weighted by molar-refractivity contribution is 5.90. The third kappa shape index (κ3) is 1.56. The number of rotatable bonds is 2. The van der Waals surface area contributed by atoms with Crippen LogP contribution in [0.5, 0.6) is 0 Å². The molecule has 78 valence electrons. The Morgan fingerprint density at radius 2 is 2.27 bits per heavy atom. The first-order chi connectivity index (χ1) is 7.09. The van der Waals surface area contributed by atoms with Crippen molar-refractivity contribution in [2.45, 2.75) is 19.8 Å². The minimum absolute atomic E-state index is 0.0513. The van der Waals surface area contributed by atoms with Crippen LogP contribution in [0.15, 0.2) is 12.4 Å². The largest absolute Gasteiger partial charge is 0.477 e. The van der Waals surface area contributed by atoms with Crippen LogP contribution in [0.2, 0.25) is 0 Å². The van der Waals surface area contributed by atoms with Gasteiger partial charge in [-0.2, -0.15) is 0 Å². The van der Waals surface area contributed by atoms with Crippen LogP contribution in [-0.4, -0.2) is 26.0 Å². The van der Waals surface area contributed by atoms with Gasteiger partial charge in [0, 0.05) is 0 Å². The number of hydrogen-bond donors (Lipinski definition) is 2. The Morgan fingerprint density at radius 1 is 1.53 bits per heavy atom. The van der Waals surface area contributed by atoms with Crippen molar-refractivity contribution in [1.29, 1.82) is 0 Å². The minimum Gasteiger partial charge on any atom is -0.477 e. The lowest BCUT2D eigenvalue weighted by Gasteiger charge is -2.06. The summed E-state index contributed by atoms with van der Waals surface area (Å²) in [6, 6.07) is 1.50. The molecule has 2 aromatic heterocycles. The van der Waals surface area contributed by atoms with Gasteiger partial charge in [0.25, 0.3) is 0 Å². The van der Waals surface area contributed by atoms with Crippen molar-refractivity contribution in [3.63, 3.8) is 0 Å². The monoisotopic (exact) mass is 205 g/mol. The van der Waals surface area contributed by atoms with Crippen molar-refractivity contribution in [2.75, 3.05) is 0 Å². The molecule has 0 aliphatic rings. The summed E-state index contributed by atoms with van der Waals surface area (Å²) >= 11 is 0. The second-order valence-electron chi connectivity index (χ2n) is 3.65. The molecule has 5 nitrogen and oxygen atoms in total. The zero-order valence-electron chi connectivity index (χ0n) is 8.48. The molecule has 0 aromatic carbocycles. The molecule has 0 fully saturated rings. The third-order valence-electron chi connectivity index (χ3n) is 2.20. The molecule has 0 bridgehead atoms. The number of aromatic amines is 1. The Balaban J connectivity index is 2.74. The van der Waals surface area contributed by atoms with Crippen molar-refractivity contribution in [3.8, 4) is 0 Å². The molecule has 0 radical (unpaired) electrons. The van der Waals surface area contributed by atoms with E-state index in [4.69, 9.17) is 5.11 Å². The minimum atomic E-state index is -1.02. The molecule has 0 aliphatic heterocycles. The van der Waals surface area contributed by atoms with Gasteiger partial charge in [0.2, 0.25) is 0 Å². The molecule has 2 rings (SSSR count). The molecule has 2 aromatic rings. The van der Waals surface area contributed by atoms with Crippen molar-refractivity contribution in [3.05, 3.63) is 23.8 Å². The number of H-pyrrole nitrogens is 1. The molecule has 0 aliphatic carbocycles. The molecule has 0 atom stereocenters. The van der Waals surface area contributed by atoms with Crippen molar-refractivity contribution in [2.24, 2.45) is 0 Å². The Kier molecular flexibility index (Phi) is 2.15. The van der Waals surface area contributed by atoms with E-state index in [2.05, 4.69) is 15.0 Å². The fourth-order valence-electron chi connectivity index (χ4n) is 1.48. The lowest BCUT2D eigenvalue weighted by Crippen LogP contribution is -2.04. The quantitative estimate of drug-likeness (QED) is 0.783. The van der Waals surface area contributed by atoms with Crippen LogP contribution >= 0.6 is 0 Å². The van der Waals surface area contributed by atoms with Gasteiger partial charge < -0.3 is 10.1 Å². The molecule has 0 spiro atoms. The first-order valence-corrected chi connectivity index (χ1v) is 4.67. The summed E-state index contributed by atoms with van der Waals surface area (Å²) in [7, 11) is 0. The average Bonchev–Trinajstić information content (AvgIpc) is 2.62. The summed E-state index contributed by atoms with van der Waals surface area (Å²) in [5.74, 6) is -0.872. The van der Waals surface area contributed by atoms with Gasteiger partial charge in [-0.15, -0.1) is 0 Å². The first-order valence-electron chi connectivity index (χ1n) is 4.67. The fourth-order valence-corrected chi connectivity index (χ4v) is 1.48. The maximum atomic E-state index is 10.8. The molecule has 2 heterocycles. The Bertz CT molecular complexity index is 516. The standard InChI is InChI=1S/C10H11N3O2/c1-5(2)8-9-6(11-4-12-9)3-7(13-8)10(14)15/h3-5H,1-2H3,(H,11,12)(H,14,15). The van der Waals surface area contributed by atoms with E-state index in [1.807, 2.05) is 13.8 Å². The highest BCUT2D eigenvalue weighted by Crippen LogP contribution is 2.21. The van der Waals surface area contributed by atoms with Crippen molar-refractivity contribution in [1.82, 2.24) is 15.0 Å². The number of nitrogens with one attached hydrogen (secondary N) is 1. The maximum absolute atomic E-state index is 10.8. The van der Waals surface area contributed by atoms with E-state index in [1.165, 1.54) is 6.07 Å². The van der Waals surface area contributed by atoms with Crippen LogP contribution in [0.3, 0.4) is 0 Å². The van der Waals surface area contributed by atoms with E-state index in [9.17, 15) is 4.79 Å². The summed E-state index contributed by atoms with van der Waals surface area (Å²) in [4.78, 5) is 22.0. The van der Waals surface area contributed by atoms with E-state index in [1.54, 1.807) is 6.33 Å². The number of aromatic carboxylic acids is 1. The molecule has 0 unspecified atom stereocenters. The van der Waals surface area contributed by atoms with E-state index >= 15 is 0 Å². The zero-order valence-corrected chi connectivity index (χ0v) is 8.48. The molecule has 15 heavy (non-hydrogen) atoms. The number of hydrogen-bond acceptors (Lipinski definition) is 3. The maximum Gasteiger partial charge on any atom is 0.354 e. The van der Waals surface area contributed by atoms with Gasteiger partial charge in [-0.1, -0.05) is 13.8 Å². The van der Waals surface area contributed by atoms with Gasteiger partial charge in [0.05, 0.1) is 17.5 Å². The SMILES string of the molecule is CC(C)c1nc(C(=O)O)cc2[nH]cnc12. The van der Waals surface area contributed by atoms with Gasteiger partial charge in [0.1, 0.15) is 5.52 Å². The lowest BCUT2D eigenvalue weighted by atomic mass is 10.1. The van der Waals surface area contributed by atoms with Gasteiger partial charge in [-0.05, 0) is 12.0 Å². The number of nitrogens with zero attached hydrogens (tertiary/aromatic N) is 2. The predicted molar refractivity (Wildman–Crippen MR) is 54.9 cm³/mol. The number of fused-ring (bicyclic) bond motifs is 1. The topological polar surface area (TPSA) is 78.9 Å². The van der Waals surface area contributed by atoms with Crippen molar-refractivity contribution >= 4 is 17.0 Å². The number of carboxylic acid groups (broad SMARTS) is 1. The van der Waals surface area contributed by atoms with Gasteiger partial charge in [0.15, 0.2) is 5.69 Å². The van der Waals surface area contributed by atoms with Crippen LogP contribution in [0.25, 0.3) is 11.0 Å². The molecule has 0 saturated heterocycles. The second kappa shape index (κ2) is 3.34. The number of pyridine rings is 1. The highest BCUT2D eigenvalue weighted by Gasteiger charge is 2.14. The normalized spacial score (nSPS) is 11.1. The lowest BCUT2D eigenvalue weighted by molar-refractivity contribution is 0.0690. The number of imidazole rings is 1. The van der Waals surface area contributed by atoms with E-state index in [0.29, 0.717) is 11.2 Å². The van der Waals surface area contributed by atoms with Gasteiger partial charge >= 0.3 is 5.97 Å². The third-order valence-corrected chi connectivity index (χ3v) is 2.20. The fraction of sp³-hybridized carbons (Fsp3) is 0.300. The number of aromatic nitrogens is 3. The van der Waals surface area contributed by atoms with E-state index in [-0.39, 0.29) is 11.6 Å². The summed E-state index contributed by atoms with van der Waals surface area (Å²) in [5, 5.41) is 8.89. The zero-order chi connectivity index (χ0) is 11.0. The average molecular weight is 205 g/mol. The molecule has 2 N–H and O–H groups in total. The first kappa shape index (κ1) is 9.64. The highest BCUT2D eigenvalue weighted by atomic mass is 16.4. The summed E-state index contributed by atoms with van der Waals surface area (Å²) < 4.78 is 0. The van der Waals surface area contributed by atoms with Crippen LogP contribution < -0.4 is 0 Å². The predicted octanol–water partition coefficient (Wildman–Crippen LogP) is 1.78. The molecule has 0 amide bonds. The summed E-state index contributed by atoms with van der Waals surface area (Å²) in [6.07, 6.45) is 1.55. The molecular formula is C10H11N3O2. The molecule has 0 saturated carbocycles. The van der Waals surface area contributed by atoms with Crippen LogP contribution in [0.4, 0.5) is 0 Å². The summed E-state index contributed by atoms with van der Waals surface area (Å²) in [6.45, 7) is 3.92. The summed E-state index contributed by atoms with van der Waals surface area (Å²) in [5.41, 5.74) is 2.22. The van der Waals surface area contributed by atoms with E-state index in [0.717, 1.165) is 5.52 Å². The van der Waals surface area contributed by atoms with Crippen LogP contribution in [0, 0.1) is 0 Å². The Morgan fingerprint density at radius 3 is 2.87 bits per heavy atom. The van der Waals surface area contributed by atoms with E-state index < -0.39 is 5.97 Å². The second-order valence-corrected chi connectivity index (χ2v) is 3.65. The van der Waals surface area contributed by atoms with Crippen LogP contribution in [-0.2, 0) is 0 Å². The smallest absolute Gasteiger partial charge is 0.354 e.